The lowest BCUT2D eigenvalue weighted by Crippen LogP contribution is -2.14. The van der Waals surface area contributed by atoms with Crippen LogP contribution in [0.2, 0.25) is 0 Å². The first-order valence-electron chi connectivity index (χ1n) is 5.47. The molecule has 0 bridgehead atoms. The van der Waals surface area contributed by atoms with E-state index in [1.54, 1.807) is 48.8 Å². The molecule has 0 atom stereocenters. The topological polar surface area (TPSA) is 65.8 Å². The van der Waals surface area contributed by atoms with Crippen LogP contribution >= 0.6 is 0 Å². The number of nitrogens with zero attached hydrogens (tertiary/aromatic N) is 2. The molecule has 0 spiro atoms. The Balaban J connectivity index is 1.97. The smallest absolute Gasteiger partial charge is 0.228 e. The third-order valence-electron chi connectivity index (χ3n) is 2.41. The molecule has 2 rings (SSSR count). The lowest BCUT2D eigenvalue weighted by atomic mass is 10.2. The number of hydrogen-bond acceptors (Lipinski definition) is 3. The summed E-state index contributed by atoms with van der Waals surface area (Å²) in [6.45, 7) is 0. The van der Waals surface area contributed by atoms with Gasteiger partial charge in [-0.05, 0) is 42.0 Å². The van der Waals surface area contributed by atoms with E-state index in [1.165, 1.54) is 0 Å². The standard InChI is InChI=1S/C14H11N3O/c15-10-12-1-3-13(4-2-12)17-14(18)9-11-5-7-16-8-6-11/h1-8H,9H2,(H,17,18). The molecule has 1 heterocycles. The summed E-state index contributed by atoms with van der Waals surface area (Å²) >= 11 is 0. The molecule has 0 radical (unpaired) electrons. The Kier molecular flexibility index (Phi) is 3.67. The van der Waals surface area contributed by atoms with E-state index >= 15 is 0 Å². The Morgan fingerprint density at radius 1 is 1.17 bits per heavy atom. The van der Waals surface area contributed by atoms with Crippen LogP contribution in [0.15, 0.2) is 48.8 Å². The van der Waals surface area contributed by atoms with Crippen molar-refractivity contribution in [1.29, 1.82) is 5.26 Å². The molecule has 1 N–H and O–H groups in total. The van der Waals surface area contributed by atoms with Crippen LogP contribution in [-0.4, -0.2) is 10.9 Å². The van der Waals surface area contributed by atoms with Gasteiger partial charge in [0.15, 0.2) is 0 Å². The molecule has 1 amide bonds. The van der Waals surface area contributed by atoms with Crippen LogP contribution in [0.25, 0.3) is 0 Å². The molecular weight excluding hydrogens is 226 g/mol. The Labute approximate surface area is 105 Å². The van der Waals surface area contributed by atoms with Crippen molar-refractivity contribution < 1.29 is 4.79 Å². The first-order chi connectivity index (χ1) is 8.78. The summed E-state index contributed by atoms with van der Waals surface area (Å²) in [4.78, 5) is 15.6. The molecule has 0 saturated carbocycles. The molecule has 4 nitrogen and oxygen atoms in total. The summed E-state index contributed by atoms with van der Waals surface area (Å²) in [7, 11) is 0. The summed E-state index contributed by atoms with van der Waals surface area (Å²) < 4.78 is 0. The van der Waals surface area contributed by atoms with Gasteiger partial charge in [0.2, 0.25) is 5.91 Å². The Morgan fingerprint density at radius 3 is 2.44 bits per heavy atom. The van der Waals surface area contributed by atoms with Crippen molar-refractivity contribution in [3.8, 4) is 6.07 Å². The van der Waals surface area contributed by atoms with Crippen molar-refractivity contribution in [3.05, 3.63) is 59.9 Å². The first-order valence-corrected chi connectivity index (χ1v) is 5.47. The van der Waals surface area contributed by atoms with Gasteiger partial charge < -0.3 is 5.32 Å². The maximum atomic E-state index is 11.7. The van der Waals surface area contributed by atoms with Gasteiger partial charge in [-0.3, -0.25) is 9.78 Å². The van der Waals surface area contributed by atoms with Crippen molar-refractivity contribution in [1.82, 2.24) is 4.98 Å². The van der Waals surface area contributed by atoms with Crippen LogP contribution < -0.4 is 5.32 Å². The van der Waals surface area contributed by atoms with Crippen LogP contribution in [0.4, 0.5) is 5.69 Å². The number of nitriles is 1. The molecule has 0 aliphatic rings. The Bertz CT molecular complexity index is 570. The number of benzene rings is 1. The fraction of sp³-hybridized carbons (Fsp3) is 0.0714. The summed E-state index contributed by atoms with van der Waals surface area (Å²) in [6, 6.07) is 12.4. The van der Waals surface area contributed by atoms with Crippen molar-refractivity contribution in [2.75, 3.05) is 5.32 Å². The highest BCUT2D eigenvalue weighted by molar-refractivity contribution is 5.92. The molecule has 0 fully saturated rings. The molecule has 4 heteroatoms. The molecule has 2 aromatic rings. The monoisotopic (exact) mass is 237 g/mol. The van der Waals surface area contributed by atoms with Crippen molar-refractivity contribution >= 4 is 11.6 Å². The minimum atomic E-state index is -0.0918. The molecule has 1 aromatic carbocycles. The van der Waals surface area contributed by atoms with Gasteiger partial charge in [-0.25, -0.2) is 0 Å². The van der Waals surface area contributed by atoms with Crippen LogP contribution in [-0.2, 0) is 11.2 Å². The summed E-state index contributed by atoms with van der Waals surface area (Å²) in [5.41, 5.74) is 2.17. The fourth-order valence-electron chi connectivity index (χ4n) is 1.52. The van der Waals surface area contributed by atoms with Gasteiger partial charge in [-0.2, -0.15) is 5.26 Å². The zero-order valence-corrected chi connectivity index (χ0v) is 9.63. The van der Waals surface area contributed by atoms with Gasteiger partial charge in [0.05, 0.1) is 18.1 Å². The molecular formula is C14H11N3O. The first kappa shape index (κ1) is 11.8. The van der Waals surface area contributed by atoms with Crippen LogP contribution in [0.5, 0.6) is 0 Å². The van der Waals surface area contributed by atoms with E-state index in [0.29, 0.717) is 17.7 Å². The number of nitrogens with one attached hydrogen (secondary N) is 1. The van der Waals surface area contributed by atoms with E-state index in [1.807, 2.05) is 6.07 Å². The van der Waals surface area contributed by atoms with Gasteiger partial charge in [0.1, 0.15) is 0 Å². The van der Waals surface area contributed by atoms with Crippen LogP contribution in [0.1, 0.15) is 11.1 Å². The van der Waals surface area contributed by atoms with Gasteiger partial charge >= 0.3 is 0 Å². The minimum absolute atomic E-state index is 0.0918. The second-order valence-electron chi connectivity index (χ2n) is 3.77. The summed E-state index contributed by atoms with van der Waals surface area (Å²) in [5, 5.41) is 11.4. The highest BCUT2D eigenvalue weighted by Gasteiger charge is 2.03. The van der Waals surface area contributed by atoms with E-state index in [2.05, 4.69) is 10.3 Å². The predicted octanol–water partition coefficient (Wildman–Crippen LogP) is 2.13. The quantitative estimate of drug-likeness (QED) is 0.889. The Hall–Kier alpha value is -2.67. The molecule has 1 aromatic heterocycles. The second kappa shape index (κ2) is 5.60. The van der Waals surface area contributed by atoms with E-state index in [-0.39, 0.29) is 5.91 Å². The molecule has 18 heavy (non-hydrogen) atoms. The van der Waals surface area contributed by atoms with Crippen molar-refractivity contribution in [2.24, 2.45) is 0 Å². The molecule has 0 aliphatic heterocycles. The van der Waals surface area contributed by atoms with E-state index in [9.17, 15) is 4.79 Å². The van der Waals surface area contributed by atoms with Gasteiger partial charge in [-0.1, -0.05) is 0 Å². The van der Waals surface area contributed by atoms with E-state index in [0.717, 1.165) is 5.56 Å². The van der Waals surface area contributed by atoms with Crippen LogP contribution in [0.3, 0.4) is 0 Å². The maximum Gasteiger partial charge on any atom is 0.228 e. The van der Waals surface area contributed by atoms with Crippen molar-refractivity contribution in [3.63, 3.8) is 0 Å². The summed E-state index contributed by atoms with van der Waals surface area (Å²) in [6.07, 6.45) is 3.62. The van der Waals surface area contributed by atoms with E-state index in [4.69, 9.17) is 5.26 Å². The Morgan fingerprint density at radius 2 is 1.83 bits per heavy atom. The normalized spacial score (nSPS) is 9.50. The number of aromatic nitrogens is 1. The number of carbonyl (C=O) groups is 1. The number of pyridine rings is 1. The lowest BCUT2D eigenvalue weighted by molar-refractivity contribution is -0.115. The maximum absolute atomic E-state index is 11.7. The third kappa shape index (κ3) is 3.16. The molecule has 0 unspecified atom stereocenters. The molecule has 0 aliphatic carbocycles. The van der Waals surface area contributed by atoms with Gasteiger partial charge in [0.25, 0.3) is 0 Å². The largest absolute Gasteiger partial charge is 0.326 e. The minimum Gasteiger partial charge on any atom is -0.326 e. The second-order valence-corrected chi connectivity index (χ2v) is 3.77. The molecule has 88 valence electrons. The fourth-order valence-corrected chi connectivity index (χ4v) is 1.52. The average Bonchev–Trinajstić information content (AvgIpc) is 2.40. The zero-order chi connectivity index (χ0) is 12.8. The number of carbonyl (C=O) groups excluding carboxylic acids is 1. The van der Waals surface area contributed by atoms with Gasteiger partial charge in [-0.15, -0.1) is 0 Å². The number of hydrogen-bond donors (Lipinski definition) is 1. The number of anilines is 1. The van der Waals surface area contributed by atoms with Gasteiger partial charge in [0, 0.05) is 18.1 Å². The highest BCUT2D eigenvalue weighted by atomic mass is 16.1. The molecule has 0 saturated heterocycles. The predicted molar refractivity (Wildman–Crippen MR) is 67.7 cm³/mol. The third-order valence-corrected chi connectivity index (χ3v) is 2.41. The van der Waals surface area contributed by atoms with Crippen molar-refractivity contribution in [2.45, 2.75) is 6.42 Å². The number of amides is 1. The van der Waals surface area contributed by atoms with Crippen LogP contribution in [0, 0.1) is 11.3 Å². The zero-order valence-electron chi connectivity index (χ0n) is 9.63. The lowest BCUT2D eigenvalue weighted by Gasteiger charge is -2.05. The van der Waals surface area contributed by atoms with E-state index < -0.39 is 0 Å². The number of rotatable bonds is 3. The average molecular weight is 237 g/mol. The highest BCUT2D eigenvalue weighted by Crippen LogP contribution is 2.09. The SMILES string of the molecule is N#Cc1ccc(NC(=O)Cc2ccncc2)cc1. The summed E-state index contributed by atoms with van der Waals surface area (Å²) in [5.74, 6) is -0.0918.